The molecule has 2 aromatic rings. The zero-order valence-electron chi connectivity index (χ0n) is 7.12. The minimum atomic E-state index is -0.499. The summed E-state index contributed by atoms with van der Waals surface area (Å²) in [5, 5.41) is 19.9. The van der Waals surface area contributed by atoms with Crippen LogP contribution in [-0.4, -0.2) is 5.11 Å². The first-order valence-electron chi connectivity index (χ1n) is 3.97. The van der Waals surface area contributed by atoms with Crippen LogP contribution in [0.15, 0.2) is 17.5 Å². The molecule has 0 radical (unpaired) electrons. The molecule has 0 atom stereocenters. The molecule has 0 aliphatic carbocycles. The van der Waals surface area contributed by atoms with E-state index in [9.17, 15) is 4.39 Å². The van der Waals surface area contributed by atoms with Crippen LogP contribution in [0, 0.1) is 17.1 Å². The quantitative estimate of drug-likeness (QED) is 0.780. The zero-order chi connectivity index (χ0) is 10.1. The normalized spacial score (nSPS) is 10.4. The number of aliphatic hydroxyl groups is 1. The molecule has 0 amide bonds. The van der Waals surface area contributed by atoms with E-state index in [1.165, 1.54) is 17.4 Å². The van der Waals surface area contributed by atoms with E-state index in [1.807, 2.05) is 0 Å². The highest BCUT2D eigenvalue weighted by Gasteiger charge is 2.11. The number of rotatable bonds is 1. The maximum atomic E-state index is 13.5. The molecule has 4 heteroatoms. The minimum Gasteiger partial charge on any atom is -0.392 e. The van der Waals surface area contributed by atoms with E-state index in [1.54, 1.807) is 17.5 Å². The molecule has 0 unspecified atom stereocenters. The monoisotopic (exact) mass is 207 g/mol. The Morgan fingerprint density at radius 2 is 2.36 bits per heavy atom. The van der Waals surface area contributed by atoms with Gasteiger partial charge in [0.05, 0.1) is 12.2 Å². The first-order chi connectivity index (χ1) is 6.77. The first-order valence-corrected chi connectivity index (χ1v) is 4.85. The molecule has 0 aliphatic rings. The van der Waals surface area contributed by atoms with E-state index in [4.69, 9.17) is 10.4 Å². The van der Waals surface area contributed by atoms with Gasteiger partial charge in [0.15, 0.2) is 0 Å². The Morgan fingerprint density at radius 3 is 3.00 bits per heavy atom. The Balaban J connectivity index is 2.89. The van der Waals surface area contributed by atoms with Crippen LogP contribution in [0.1, 0.15) is 11.1 Å². The van der Waals surface area contributed by atoms with Crippen molar-refractivity contribution < 1.29 is 9.50 Å². The van der Waals surface area contributed by atoms with Gasteiger partial charge in [-0.15, -0.1) is 11.3 Å². The number of fused-ring (bicyclic) bond motifs is 1. The number of thiophene rings is 1. The van der Waals surface area contributed by atoms with Gasteiger partial charge in [0.2, 0.25) is 0 Å². The molecule has 1 N–H and O–H groups in total. The van der Waals surface area contributed by atoms with Gasteiger partial charge in [0, 0.05) is 10.1 Å². The topological polar surface area (TPSA) is 44.0 Å². The fourth-order valence-electron chi connectivity index (χ4n) is 1.38. The maximum Gasteiger partial charge on any atom is 0.149 e. The van der Waals surface area contributed by atoms with Crippen molar-refractivity contribution in [2.24, 2.45) is 0 Å². The van der Waals surface area contributed by atoms with E-state index in [0.717, 1.165) is 0 Å². The van der Waals surface area contributed by atoms with E-state index < -0.39 is 5.82 Å². The molecule has 70 valence electrons. The molecule has 0 saturated heterocycles. The Labute approximate surface area is 83.8 Å². The van der Waals surface area contributed by atoms with Crippen LogP contribution in [-0.2, 0) is 6.61 Å². The number of halogens is 1. The molecule has 0 bridgehead atoms. The number of hydrogen-bond acceptors (Lipinski definition) is 3. The van der Waals surface area contributed by atoms with Gasteiger partial charge in [0.1, 0.15) is 11.9 Å². The Hall–Kier alpha value is -1.44. The summed E-state index contributed by atoms with van der Waals surface area (Å²) in [6, 6.07) is 4.79. The summed E-state index contributed by atoms with van der Waals surface area (Å²) in [7, 11) is 0. The lowest BCUT2D eigenvalue weighted by molar-refractivity contribution is 0.283. The maximum absolute atomic E-state index is 13.5. The summed E-state index contributed by atoms with van der Waals surface area (Å²) in [5.41, 5.74) is 0.591. The Kier molecular flexibility index (Phi) is 2.20. The summed E-state index contributed by atoms with van der Waals surface area (Å²) in [5.74, 6) is -0.499. The van der Waals surface area contributed by atoms with Crippen molar-refractivity contribution in [3.05, 3.63) is 34.5 Å². The smallest absolute Gasteiger partial charge is 0.149 e. The summed E-state index contributed by atoms with van der Waals surface area (Å²) in [4.78, 5) is 0. The van der Waals surface area contributed by atoms with E-state index in [-0.39, 0.29) is 12.2 Å². The van der Waals surface area contributed by atoms with Crippen molar-refractivity contribution in [3.63, 3.8) is 0 Å². The molecule has 2 nitrogen and oxygen atoms in total. The average molecular weight is 207 g/mol. The van der Waals surface area contributed by atoms with Crippen LogP contribution in [0.2, 0.25) is 0 Å². The van der Waals surface area contributed by atoms with Crippen LogP contribution in [0.25, 0.3) is 10.1 Å². The Bertz CT molecular complexity index is 527. The third-order valence-corrected chi connectivity index (χ3v) is 3.03. The molecule has 0 aliphatic heterocycles. The van der Waals surface area contributed by atoms with E-state index >= 15 is 0 Å². The van der Waals surface area contributed by atoms with Crippen molar-refractivity contribution >= 4 is 21.4 Å². The van der Waals surface area contributed by atoms with Gasteiger partial charge in [-0.2, -0.15) is 5.26 Å². The first kappa shape index (κ1) is 9.13. The molecular weight excluding hydrogens is 201 g/mol. The van der Waals surface area contributed by atoms with Crippen molar-refractivity contribution in [1.82, 2.24) is 0 Å². The average Bonchev–Trinajstić information content (AvgIpc) is 2.68. The second kappa shape index (κ2) is 3.37. The summed E-state index contributed by atoms with van der Waals surface area (Å²) in [6.07, 6.45) is 0. The molecule has 0 saturated carbocycles. The predicted molar refractivity (Wildman–Crippen MR) is 52.4 cm³/mol. The second-order valence-electron chi connectivity index (χ2n) is 2.83. The van der Waals surface area contributed by atoms with Crippen LogP contribution >= 0.6 is 11.3 Å². The molecular formula is C10H6FNOS. The van der Waals surface area contributed by atoms with Crippen LogP contribution in [0.4, 0.5) is 4.39 Å². The van der Waals surface area contributed by atoms with Crippen molar-refractivity contribution in [2.75, 3.05) is 0 Å². The zero-order valence-corrected chi connectivity index (χ0v) is 7.94. The van der Waals surface area contributed by atoms with E-state index in [0.29, 0.717) is 15.6 Å². The third kappa shape index (κ3) is 1.18. The minimum absolute atomic E-state index is 0.0139. The molecule has 1 aromatic carbocycles. The fraction of sp³-hybridized carbons (Fsp3) is 0.100. The van der Waals surface area contributed by atoms with Crippen LogP contribution in [0.5, 0.6) is 0 Å². The van der Waals surface area contributed by atoms with Crippen molar-refractivity contribution in [1.29, 1.82) is 5.26 Å². The Morgan fingerprint density at radius 1 is 1.57 bits per heavy atom. The van der Waals surface area contributed by atoms with Crippen LogP contribution < -0.4 is 0 Å². The lowest BCUT2D eigenvalue weighted by Gasteiger charge is -2.01. The van der Waals surface area contributed by atoms with Gasteiger partial charge in [-0.3, -0.25) is 0 Å². The van der Waals surface area contributed by atoms with Gasteiger partial charge < -0.3 is 5.11 Å². The molecule has 1 aromatic heterocycles. The number of hydrogen-bond donors (Lipinski definition) is 1. The summed E-state index contributed by atoms with van der Waals surface area (Å²) < 4.78 is 14.2. The molecule has 0 spiro atoms. The molecule has 2 rings (SSSR count). The molecule has 0 fully saturated rings. The number of benzene rings is 1. The largest absolute Gasteiger partial charge is 0.392 e. The lowest BCUT2D eigenvalue weighted by atomic mass is 10.1. The third-order valence-electron chi connectivity index (χ3n) is 2.04. The second-order valence-corrected chi connectivity index (χ2v) is 3.75. The van der Waals surface area contributed by atoms with Crippen LogP contribution in [0.3, 0.4) is 0 Å². The fourth-order valence-corrected chi connectivity index (χ4v) is 2.28. The highest BCUT2D eigenvalue weighted by Crippen LogP contribution is 2.29. The lowest BCUT2D eigenvalue weighted by Crippen LogP contribution is -1.90. The highest BCUT2D eigenvalue weighted by molar-refractivity contribution is 7.17. The predicted octanol–water partition coefficient (Wildman–Crippen LogP) is 2.40. The van der Waals surface area contributed by atoms with Gasteiger partial charge in [-0.05, 0) is 23.1 Å². The summed E-state index contributed by atoms with van der Waals surface area (Å²) in [6.45, 7) is -0.175. The molecule has 1 heterocycles. The summed E-state index contributed by atoms with van der Waals surface area (Å²) >= 11 is 1.36. The number of aliphatic hydroxyl groups excluding tert-OH is 1. The number of nitrogens with zero attached hydrogens (tertiary/aromatic N) is 1. The van der Waals surface area contributed by atoms with Crippen molar-refractivity contribution in [2.45, 2.75) is 6.61 Å². The SMILES string of the molecule is N#Cc1cc(CO)c2sccc2c1F. The number of nitriles is 1. The van der Waals surface area contributed by atoms with E-state index in [2.05, 4.69) is 0 Å². The van der Waals surface area contributed by atoms with Gasteiger partial charge in [0.25, 0.3) is 0 Å². The van der Waals surface area contributed by atoms with Gasteiger partial charge in [-0.1, -0.05) is 0 Å². The standard InChI is InChI=1S/C10H6FNOS/c11-9-6(4-12)3-7(5-13)10-8(9)1-2-14-10/h1-3,13H,5H2. The molecule has 14 heavy (non-hydrogen) atoms. The van der Waals surface area contributed by atoms with Gasteiger partial charge in [-0.25, -0.2) is 4.39 Å². The van der Waals surface area contributed by atoms with Crippen molar-refractivity contribution in [3.8, 4) is 6.07 Å². The highest BCUT2D eigenvalue weighted by atomic mass is 32.1. The van der Waals surface area contributed by atoms with Gasteiger partial charge >= 0.3 is 0 Å².